The van der Waals surface area contributed by atoms with Crippen LogP contribution in [0.3, 0.4) is 0 Å². The van der Waals surface area contributed by atoms with Gasteiger partial charge in [0.05, 0.1) is 5.69 Å². The van der Waals surface area contributed by atoms with Crippen LogP contribution in [0, 0.1) is 6.07 Å². The SMILES string of the molecule is Oc1ccccc1-c1nc(-c2[c-]c(Sc3nccc4ccccc34)ccc2)ccc1-c1ccccc1.[Pt]. The minimum absolute atomic E-state index is 0. The summed E-state index contributed by atoms with van der Waals surface area (Å²) in [5.74, 6) is 0.203. The Morgan fingerprint density at radius 3 is 2.32 bits per heavy atom. The molecule has 0 saturated heterocycles. The fourth-order valence-electron chi connectivity index (χ4n) is 4.27. The van der Waals surface area contributed by atoms with Gasteiger partial charge in [-0.1, -0.05) is 95.5 Å². The van der Waals surface area contributed by atoms with E-state index in [4.69, 9.17) is 4.98 Å². The smallest absolute Gasteiger partial charge is 0.124 e. The standard InChI is InChI=1S/C32H21N2OS.Pt/c35-30-16-7-6-15-28(30)31-26(22-9-2-1-3-10-22)17-18-29(34-31)24-12-8-13-25(21-24)36-32-27-14-5-4-11-23(27)19-20-33-32;/h1-20,35H;/q-1;. The van der Waals surface area contributed by atoms with Crippen LogP contribution in [0.5, 0.6) is 5.75 Å². The molecule has 0 aliphatic heterocycles. The first-order valence-electron chi connectivity index (χ1n) is 11.7. The van der Waals surface area contributed by atoms with Crippen molar-refractivity contribution < 1.29 is 26.2 Å². The molecule has 0 amide bonds. The Morgan fingerprint density at radius 1 is 0.676 bits per heavy atom. The van der Waals surface area contributed by atoms with Crippen LogP contribution < -0.4 is 0 Å². The number of hydrogen-bond donors (Lipinski definition) is 1. The Hall–Kier alpha value is -3.72. The molecule has 2 heterocycles. The minimum atomic E-state index is 0. The number of nitrogens with zero attached hydrogens (tertiary/aromatic N) is 2. The van der Waals surface area contributed by atoms with Crippen LogP contribution in [-0.2, 0) is 21.1 Å². The van der Waals surface area contributed by atoms with Crippen LogP contribution in [0.4, 0.5) is 0 Å². The Labute approximate surface area is 234 Å². The third-order valence-electron chi connectivity index (χ3n) is 6.03. The summed E-state index contributed by atoms with van der Waals surface area (Å²) in [4.78, 5) is 10.6. The molecule has 5 heteroatoms. The van der Waals surface area contributed by atoms with E-state index < -0.39 is 0 Å². The number of pyridine rings is 2. The van der Waals surface area contributed by atoms with Gasteiger partial charge in [0, 0.05) is 43.8 Å². The van der Waals surface area contributed by atoms with Gasteiger partial charge in [0.1, 0.15) is 10.8 Å². The van der Waals surface area contributed by atoms with Gasteiger partial charge in [0.25, 0.3) is 0 Å². The van der Waals surface area contributed by atoms with Crippen molar-refractivity contribution in [3.8, 4) is 39.4 Å². The zero-order chi connectivity index (χ0) is 24.3. The summed E-state index contributed by atoms with van der Waals surface area (Å²) < 4.78 is 0. The van der Waals surface area contributed by atoms with Gasteiger partial charge in [-0.25, -0.2) is 4.98 Å². The number of fused-ring (bicyclic) bond motifs is 1. The van der Waals surface area contributed by atoms with Crippen molar-refractivity contribution in [2.24, 2.45) is 0 Å². The number of aromatic nitrogens is 2. The van der Waals surface area contributed by atoms with Crippen molar-refractivity contribution in [1.82, 2.24) is 9.97 Å². The maximum Gasteiger partial charge on any atom is 0.124 e. The molecular formula is C32H21N2OPtS-. The van der Waals surface area contributed by atoms with E-state index in [1.165, 1.54) is 0 Å². The van der Waals surface area contributed by atoms with Crippen molar-refractivity contribution in [2.75, 3.05) is 0 Å². The Bertz CT molecular complexity index is 1680. The van der Waals surface area contributed by atoms with Gasteiger partial charge >= 0.3 is 0 Å². The summed E-state index contributed by atoms with van der Waals surface area (Å²) in [6.45, 7) is 0. The molecular weight excluding hydrogens is 656 g/mol. The number of aromatic hydroxyl groups is 1. The average molecular weight is 677 g/mol. The van der Waals surface area contributed by atoms with Gasteiger partial charge in [0.15, 0.2) is 0 Å². The molecule has 0 fully saturated rings. The molecule has 37 heavy (non-hydrogen) atoms. The minimum Gasteiger partial charge on any atom is -0.507 e. The summed E-state index contributed by atoms with van der Waals surface area (Å²) in [7, 11) is 0. The maximum absolute atomic E-state index is 10.6. The van der Waals surface area contributed by atoms with Gasteiger partial charge in [0.2, 0.25) is 0 Å². The van der Waals surface area contributed by atoms with Crippen LogP contribution in [0.15, 0.2) is 131 Å². The van der Waals surface area contributed by atoms with Crippen LogP contribution in [0.25, 0.3) is 44.4 Å². The van der Waals surface area contributed by atoms with Crippen LogP contribution >= 0.6 is 11.8 Å². The van der Waals surface area contributed by atoms with Crippen LogP contribution in [0.1, 0.15) is 0 Å². The molecule has 1 N–H and O–H groups in total. The first kappa shape index (κ1) is 24.9. The molecule has 3 nitrogen and oxygen atoms in total. The van der Waals surface area contributed by atoms with Gasteiger partial charge in [-0.3, -0.25) is 4.98 Å². The Kier molecular flexibility index (Phi) is 7.50. The molecule has 0 aliphatic carbocycles. The number of para-hydroxylation sites is 1. The van der Waals surface area contributed by atoms with Gasteiger partial charge in [-0.2, -0.15) is 0 Å². The van der Waals surface area contributed by atoms with Crippen molar-refractivity contribution in [3.63, 3.8) is 0 Å². The van der Waals surface area contributed by atoms with E-state index in [9.17, 15) is 5.11 Å². The van der Waals surface area contributed by atoms with Gasteiger partial charge in [-0.05, 0) is 34.8 Å². The van der Waals surface area contributed by atoms with Crippen molar-refractivity contribution in [1.29, 1.82) is 0 Å². The van der Waals surface area contributed by atoms with E-state index in [-0.39, 0.29) is 26.8 Å². The van der Waals surface area contributed by atoms with E-state index in [2.05, 4.69) is 41.4 Å². The number of phenols is 1. The second-order valence-electron chi connectivity index (χ2n) is 8.34. The molecule has 0 bridgehead atoms. The zero-order valence-electron chi connectivity index (χ0n) is 19.6. The number of benzene rings is 4. The van der Waals surface area contributed by atoms with Crippen LogP contribution in [-0.4, -0.2) is 15.1 Å². The number of rotatable bonds is 5. The van der Waals surface area contributed by atoms with E-state index in [0.29, 0.717) is 5.56 Å². The fraction of sp³-hybridized carbons (Fsp3) is 0. The second-order valence-corrected chi connectivity index (χ2v) is 9.37. The third kappa shape index (κ3) is 5.22. The van der Waals surface area contributed by atoms with Gasteiger partial charge < -0.3 is 5.11 Å². The molecule has 6 aromatic rings. The summed E-state index contributed by atoms with van der Waals surface area (Å²) >= 11 is 1.59. The summed E-state index contributed by atoms with van der Waals surface area (Å²) in [5.41, 5.74) is 5.12. The molecule has 0 unspecified atom stereocenters. The predicted octanol–water partition coefficient (Wildman–Crippen LogP) is 8.29. The average Bonchev–Trinajstić information content (AvgIpc) is 2.94. The fourth-order valence-corrected chi connectivity index (χ4v) is 5.20. The summed E-state index contributed by atoms with van der Waals surface area (Å²) in [6.07, 6.45) is 1.84. The van der Waals surface area contributed by atoms with Gasteiger partial charge in [-0.15, -0.1) is 29.8 Å². The largest absolute Gasteiger partial charge is 0.507 e. The Balaban J connectivity index is 0.00000280. The third-order valence-corrected chi connectivity index (χ3v) is 7.00. The molecule has 182 valence electrons. The molecule has 0 radical (unpaired) electrons. The first-order chi connectivity index (χ1) is 17.8. The maximum atomic E-state index is 10.6. The summed E-state index contributed by atoms with van der Waals surface area (Å²) in [5, 5.41) is 13.9. The Morgan fingerprint density at radius 2 is 1.46 bits per heavy atom. The topological polar surface area (TPSA) is 46.0 Å². The molecule has 2 aromatic heterocycles. The van der Waals surface area contributed by atoms with E-state index in [1.807, 2.05) is 85.1 Å². The molecule has 0 atom stereocenters. The van der Waals surface area contributed by atoms with Crippen LogP contribution in [0.2, 0.25) is 0 Å². The second kappa shape index (κ2) is 11.1. The first-order valence-corrected chi connectivity index (χ1v) is 12.5. The molecule has 0 aliphatic rings. The van der Waals surface area contributed by atoms with E-state index in [1.54, 1.807) is 17.8 Å². The van der Waals surface area contributed by atoms with E-state index >= 15 is 0 Å². The number of hydrogen-bond acceptors (Lipinski definition) is 4. The van der Waals surface area contributed by atoms with Crippen molar-refractivity contribution >= 4 is 22.5 Å². The predicted molar refractivity (Wildman–Crippen MR) is 147 cm³/mol. The molecule has 0 saturated carbocycles. The summed E-state index contributed by atoms with van der Waals surface area (Å²) in [6, 6.07) is 41.4. The number of phenolic OH excluding ortho intramolecular Hbond substituents is 1. The molecule has 4 aromatic carbocycles. The monoisotopic (exact) mass is 676 g/mol. The molecule has 0 spiro atoms. The quantitative estimate of drug-likeness (QED) is 0.187. The normalized spacial score (nSPS) is 10.7. The van der Waals surface area contributed by atoms with Crippen molar-refractivity contribution in [2.45, 2.75) is 9.92 Å². The van der Waals surface area contributed by atoms with Crippen molar-refractivity contribution in [3.05, 3.63) is 128 Å². The van der Waals surface area contributed by atoms with E-state index in [0.717, 1.165) is 48.8 Å². The zero-order valence-corrected chi connectivity index (χ0v) is 22.7. The molecule has 6 rings (SSSR count).